The minimum atomic E-state index is 0.0165. The van der Waals surface area contributed by atoms with Crippen LogP contribution in [-0.2, 0) is 17.8 Å². The Balaban J connectivity index is 1.67. The molecule has 6 nitrogen and oxygen atoms in total. The molecule has 28 heavy (non-hydrogen) atoms. The molecule has 2 aromatic carbocycles. The molecule has 6 heteroatoms. The Labute approximate surface area is 167 Å². The average Bonchev–Trinajstić information content (AvgIpc) is 2.72. The third-order valence-corrected chi connectivity index (χ3v) is 4.16. The van der Waals surface area contributed by atoms with Crippen LogP contribution in [0.15, 0.2) is 59.6 Å². The SMILES string of the molecule is CN=C(NCCOCc1ccccc1)NCCc1cccc(C(=O)N(C)C)c1. The topological polar surface area (TPSA) is 66.0 Å². The number of hydrogen-bond donors (Lipinski definition) is 2. The van der Waals surface area contributed by atoms with Gasteiger partial charge in [0.25, 0.3) is 5.91 Å². The van der Waals surface area contributed by atoms with Crippen LogP contribution in [0.1, 0.15) is 21.5 Å². The number of hydrogen-bond acceptors (Lipinski definition) is 3. The number of ether oxygens (including phenoxy) is 1. The lowest BCUT2D eigenvalue weighted by atomic mass is 10.1. The van der Waals surface area contributed by atoms with Crippen molar-refractivity contribution < 1.29 is 9.53 Å². The van der Waals surface area contributed by atoms with Gasteiger partial charge in [-0.25, -0.2) is 0 Å². The zero-order valence-electron chi connectivity index (χ0n) is 16.9. The van der Waals surface area contributed by atoms with Gasteiger partial charge in [-0.15, -0.1) is 0 Å². The van der Waals surface area contributed by atoms with Gasteiger partial charge in [-0.2, -0.15) is 0 Å². The maximum absolute atomic E-state index is 12.1. The highest BCUT2D eigenvalue weighted by Crippen LogP contribution is 2.07. The summed E-state index contributed by atoms with van der Waals surface area (Å²) in [6.45, 7) is 2.62. The van der Waals surface area contributed by atoms with E-state index in [0.717, 1.165) is 24.5 Å². The monoisotopic (exact) mass is 382 g/mol. The van der Waals surface area contributed by atoms with E-state index in [1.54, 1.807) is 26.0 Å². The minimum absolute atomic E-state index is 0.0165. The lowest BCUT2D eigenvalue weighted by Crippen LogP contribution is -2.39. The summed E-state index contributed by atoms with van der Waals surface area (Å²) in [6, 6.07) is 17.8. The van der Waals surface area contributed by atoms with E-state index in [0.29, 0.717) is 25.3 Å². The lowest BCUT2D eigenvalue weighted by molar-refractivity contribution is 0.0827. The van der Waals surface area contributed by atoms with E-state index in [1.165, 1.54) is 5.56 Å². The van der Waals surface area contributed by atoms with Crippen molar-refractivity contribution in [3.63, 3.8) is 0 Å². The first-order valence-electron chi connectivity index (χ1n) is 9.47. The molecule has 0 aliphatic carbocycles. The molecule has 150 valence electrons. The van der Waals surface area contributed by atoms with Gasteiger partial charge in [-0.3, -0.25) is 9.79 Å². The molecule has 1 amide bonds. The molecule has 0 spiro atoms. The van der Waals surface area contributed by atoms with Crippen LogP contribution in [0, 0.1) is 0 Å². The molecular formula is C22H30N4O2. The molecule has 2 N–H and O–H groups in total. The fourth-order valence-corrected chi connectivity index (χ4v) is 2.67. The second-order valence-electron chi connectivity index (χ2n) is 6.61. The van der Waals surface area contributed by atoms with Gasteiger partial charge in [-0.1, -0.05) is 42.5 Å². The van der Waals surface area contributed by atoms with Crippen molar-refractivity contribution in [3.8, 4) is 0 Å². The number of nitrogens with zero attached hydrogens (tertiary/aromatic N) is 2. The number of carbonyl (C=O) groups is 1. The standard InChI is InChI=1S/C22H30N4O2/c1-23-22(25-14-15-28-17-19-8-5-4-6-9-19)24-13-12-18-10-7-11-20(16-18)21(27)26(2)3/h4-11,16H,12-15,17H2,1-3H3,(H2,23,24,25). The third-order valence-electron chi connectivity index (χ3n) is 4.16. The maximum Gasteiger partial charge on any atom is 0.253 e. The quantitative estimate of drug-likeness (QED) is 0.397. The van der Waals surface area contributed by atoms with E-state index in [-0.39, 0.29) is 5.91 Å². The van der Waals surface area contributed by atoms with Crippen molar-refractivity contribution >= 4 is 11.9 Å². The summed E-state index contributed by atoms with van der Waals surface area (Å²) in [5.41, 5.74) is 2.99. The largest absolute Gasteiger partial charge is 0.375 e. The summed E-state index contributed by atoms with van der Waals surface area (Å²) in [6.07, 6.45) is 0.805. The Morgan fingerprint density at radius 3 is 2.43 bits per heavy atom. The van der Waals surface area contributed by atoms with Crippen molar-refractivity contribution in [2.45, 2.75) is 13.0 Å². The predicted octanol–water partition coefficient (Wildman–Crippen LogP) is 2.31. The van der Waals surface area contributed by atoms with E-state index in [9.17, 15) is 4.79 Å². The van der Waals surface area contributed by atoms with Crippen LogP contribution in [0.2, 0.25) is 0 Å². The molecule has 0 aliphatic rings. The molecule has 0 radical (unpaired) electrons. The molecule has 0 saturated carbocycles. The number of amides is 1. The van der Waals surface area contributed by atoms with Gasteiger partial charge in [0, 0.05) is 39.8 Å². The van der Waals surface area contributed by atoms with E-state index in [4.69, 9.17) is 4.74 Å². The number of guanidine groups is 1. The van der Waals surface area contributed by atoms with Crippen LogP contribution in [0.3, 0.4) is 0 Å². The maximum atomic E-state index is 12.1. The highest BCUT2D eigenvalue weighted by atomic mass is 16.5. The normalized spacial score (nSPS) is 11.2. The van der Waals surface area contributed by atoms with E-state index >= 15 is 0 Å². The van der Waals surface area contributed by atoms with Gasteiger partial charge in [0.15, 0.2) is 5.96 Å². The molecule has 2 rings (SSSR count). The Kier molecular flexibility index (Phi) is 9.01. The first-order valence-corrected chi connectivity index (χ1v) is 9.47. The van der Waals surface area contributed by atoms with Crippen LogP contribution in [0.5, 0.6) is 0 Å². The molecule has 0 atom stereocenters. The summed E-state index contributed by atoms with van der Waals surface area (Å²) >= 11 is 0. The number of aliphatic imine (C=N–C) groups is 1. The summed E-state index contributed by atoms with van der Waals surface area (Å²) < 4.78 is 5.66. The number of rotatable bonds is 9. The molecule has 0 saturated heterocycles. The van der Waals surface area contributed by atoms with Gasteiger partial charge in [0.2, 0.25) is 0 Å². The van der Waals surface area contributed by atoms with Crippen LogP contribution < -0.4 is 10.6 Å². The molecule has 0 unspecified atom stereocenters. The second kappa shape index (κ2) is 11.8. The van der Waals surface area contributed by atoms with Gasteiger partial charge in [0.1, 0.15) is 0 Å². The lowest BCUT2D eigenvalue weighted by Gasteiger charge is -2.13. The fourth-order valence-electron chi connectivity index (χ4n) is 2.67. The third kappa shape index (κ3) is 7.40. The Morgan fingerprint density at radius 2 is 1.71 bits per heavy atom. The zero-order chi connectivity index (χ0) is 20.2. The number of carbonyl (C=O) groups excluding carboxylic acids is 1. The smallest absolute Gasteiger partial charge is 0.253 e. The van der Waals surface area contributed by atoms with Crippen molar-refractivity contribution in [2.24, 2.45) is 4.99 Å². The summed E-state index contributed by atoms with van der Waals surface area (Å²) in [7, 11) is 5.27. The molecule has 2 aromatic rings. The minimum Gasteiger partial charge on any atom is -0.375 e. The van der Waals surface area contributed by atoms with Crippen LogP contribution in [0.25, 0.3) is 0 Å². The highest BCUT2D eigenvalue weighted by Gasteiger charge is 2.08. The van der Waals surface area contributed by atoms with E-state index in [2.05, 4.69) is 27.8 Å². The molecule has 0 aromatic heterocycles. The molecule has 0 aliphatic heterocycles. The molecule has 0 heterocycles. The van der Waals surface area contributed by atoms with E-state index in [1.807, 2.05) is 42.5 Å². The van der Waals surface area contributed by atoms with Gasteiger partial charge in [-0.05, 0) is 29.7 Å². The van der Waals surface area contributed by atoms with Crippen molar-refractivity contribution in [1.82, 2.24) is 15.5 Å². The Morgan fingerprint density at radius 1 is 1.00 bits per heavy atom. The van der Waals surface area contributed by atoms with Gasteiger partial charge >= 0.3 is 0 Å². The van der Waals surface area contributed by atoms with Crippen LogP contribution >= 0.6 is 0 Å². The van der Waals surface area contributed by atoms with Crippen LogP contribution in [-0.4, -0.2) is 57.6 Å². The average molecular weight is 383 g/mol. The Hall–Kier alpha value is -2.86. The number of benzene rings is 2. The fraction of sp³-hybridized carbons (Fsp3) is 0.364. The van der Waals surface area contributed by atoms with Crippen molar-refractivity contribution in [3.05, 3.63) is 71.3 Å². The molecule has 0 fully saturated rings. The van der Waals surface area contributed by atoms with Crippen LogP contribution in [0.4, 0.5) is 0 Å². The van der Waals surface area contributed by atoms with Gasteiger partial charge < -0.3 is 20.3 Å². The Bertz CT molecular complexity index is 760. The number of nitrogens with one attached hydrogen (secondary N) is 2. The van der Waals surface area contributed by atoms with Crippen molar-refractivity contribution in [2.75, 3.05) is 40.8 Å². The molecular weight excluding hydrogens is 352 g/mol. The first-order chi connectivity index (χ1) is 13.6. The summed E-state index contributed by atoms with van der Waals surface area (Å²) in [5.74, 6) is 0.756. The van der Waals surface area contributed by atoms with Gasteiger partial charge in [0.05, 0.1) is 13.2 Å². The molecule has 0 bridgehead atoms. The zero-order valence-corrected chi connectivity index (χ0v) is 16.9. The second-order valence-corrected chi connectivity index (χ2v) is 6.61. The summed E-state index contributed by atoms with van der Waals surface area (Å²) in [4.78, 5) is 17.9. The van der Waals surface area contributed by atoms with Crippen molar-refractivity contribution in [1.29, 1.82) is 0 Å². The first kappa shape index (κ1) is 21.4. The predicted molar refractivity (Wildman–Crippen MR) is 114 cm³/mol. The highest BCUT2D eigenvalue weighted by molar-refractivity contribution is 5.94. The van der Waals surface area contributed by atoms with E-state index < -0.39 is 0 Å². The summed E-state index contributed by atoms with van der Waals surface area (Å²) in [5, 5.41) is 6.53.